The zero-order valence-electron chi connectivity index (χ0n) is 4.75. The van der Waals surface area contributed by atoms with Crippen LogP contribution < -0.4 is 0 Å². The van der Waals surface area contributed by atoms with Crippen molar-refractivity contribution >= 4 is 21.8 Å². The molecule has 0 amide bonds. The monoisotopic (exact) mass is 202 g/mol. The van der Waals surface area contributed by atoms with E-state index in [0.717, 1.165) is 6.92 Å². The molecule has 0 atom stereocenters. The van der Waals surface area contributed by atoms with E-state index >= 15 is 0 Å². The molecule has 0 rings (SSSR count). The van der Waals surface area contributed by atoms with Gasteiger partial charge in [0.1, 0.15) is 0 Å². The van der Waals surface area contributed by atoms with Crippen LogP contribution >= 0.6 is 21.8 Å². The second-order valence-corrected chi connectivity index (χ2v) is 4.62. The lowest BCUT2D eigenvalue weighted by molar-refractivity contribution is 0.384. The fourth-order valence-corrected chi connectivity index (χ4v) is 1.43. The van der Waals surface area contributed by atoms with Gasteiger partial charge >= 0.3 is 10.2 Å². The van der Waals surface area contributed by atoms with Crippen LogP contribution in [0.15, 0.2) is 10.4 Å². The molecule has 0 saturated heterocycles. The third-order valence-electron chi connectivity index (χ3n) is 0.385. The summed E-state index contributed by atoms with van der Waals surface area (Å²) in [5.74, 6) is 0. The standard InChI is InChI=1S/C3H4ClF5S/c1-3(4)2-10(5,6,7,8)9/h2H,1H3/b3-2-. The molecular formula is C3H4ClF5S. The fourth-order valence-electron chi connectivity index (χ4n) is 0.307. The summed E-state index contributed by atoms with van der Waals surface area (Å²) >= 11 is 4.63. The van der Waals surface area contributed by atoms with Gasteiger partial charge in [-0.3, -0.25) is 0 Å². The summed E-state index contributed by atoms with van der Waals surface area (Å²) in [6, 6.07) is 0. The number of hydrogen-bond donors (Lipinski definition) is 0. The van der Waals surface area contributed by atoms with E-state index in [4.69, 9.17) is 0 Å². The van der Waals surface area contributed by atoms with E-state index in [9.17, 15) is 19.4 Å². The van der Waals surface area contributed by atoms with Gasteiger partial charge in [0.05, 0.1) is 5.41 Å². The van der Waals surface area contributed by atoms with Crippen molar-refractivity contribution in [3.63, 3.8) is 0 Å². The molecule has 0 N–H and O–H groups in total. The van der Waals surface area contributed by atoms with Gasteiger partial charge in [0.2, 0.25) is 0 Å². The molecule has 0 aromatic rings. The Labute approximate surface area is 59.4 Å². The maximum Gasteiger partial charge on any atom is 0.305 e. The molecular weight excluding hydrogens is 199 g/mol. The van der Waals surface area contributed by atoms with Gasteiger partial charge in [-0.15, -0.1) is 0 Å². The van der Waals surface area contributed by atoms with Crippen molar-refractivity contribution in [2.24, 2.45) is 0 Å². The smallest absolute Gasteiger partial charge is 0.0941 e. The maximum absolute atomic E-state index is 11.3. The van der Waals surface area contributed by atoms with Crippen LogP contribution in [0.25, 0.3) is 0 Å². The highest BCUT2D eigenvalue weighted by atomic mass is 35.5. The number of allylic oxidation sites excluding steroid dienone is 1. The first-order valence-corrected chi connectivity index (χ1v) is 4.38. The first-order chi connectivity index (χ1) is 3.89. The molecule has 0 fully saturated rings. The quantitative estimate of drug-likeness (QED) is 0.554. The molecule has 0 heterocycles. The Kier molecular flexibility index (Phi) is 1.61. The molecule has 0 aliphatic carbocycles. The van der Waals surface area contributed by atoms with Gasteiger partial charge in [-0.2, -0.15) is 0 Å². The van der Waals surface area contributed by atoms with Crippen molar-refractivity contribution in [1.82, 2.24) is 0 Å². The summed E-state index contributed by atoms with van der Waals surface area (Å²) in [5, 5.41) is -2.11. The molecule has 0 nitrogen and oxygen atoms in total. The van der Waals surface area contributed by atoms with Crippen molar-refractivity contribution in [2.45, 2.75) is 6.92 Å². The van der Waals surface area contributed by atoms with E-state index in [-0.39, 0.29) is 0 Å². The normalized spacial score (nSPS) is 21.7. The number of rotatable bonds is 1. The highest BCUT2D eigenvalue weighted by molar-refractivity contribution is 8.48. The minimum atomic E-state index is -9.40. The molecule has 0 aromatic carbocycles. The van der Waals surface area contributed by atoms with Gasteiger partial charge in [-0.1, -0.05) is 31.0 Å². The average molecular weight is 203 g/mol. The van der Waals surface area contributed by atoms with Crippen LogP contribution in [-0.4, -0.2) is 0 Å². The van der Waals surface area contributed by atoms with Crippen molar-refractivity contribution in [2.75, 3.05) is 0 Å². The van der Waals surface area contributed by atoms with Crippen LogP contribution in [-0.2, 0) is 0 Å². The fraction of sp³-hybridized carbons (Fsp3) is 0.333. The molecule has 0 aromatic heterocycles. The Morgan fingerprint density at radius 2 is 1.50 bits per heavy atom. The predicted molar refractivity (Wildman–Crippen MR) is 32.7 cm³/mol. The van der Waals surface area contributed by atoms with Crippen LogP contribution in [0.2, 0.25) is 0 Å². The van der Waals surface area contributed by atoms with Gasteiger partial charge in [0, 0.05) is 5.03 Å². The summed E-state index contributed by atoms with van der Waals surface area (Å²) in [5.41, 5.74) is 0. The van der Waals surface area contributed by atoms with E-state index < -0.39 is 20.7 Å². The molecule has 0 unspecified atom stereocenters. The topological polar surface area (TPSA) is 0 Å². The minimum absolute atomic E-state index is 0.736. The van der Waals surface area contributed by atoms with Gasteiger partial charge in [0.15, 0.2) is 0 Å². The van der Waals surface area contributed by atoms with Crippen LogP contribution in [0, 0.1) is 0 Å². The van der Waals surface area contributed by atoms with Gasteiger partial charge in [-0.05, 0) is 6.92 Å². The summed E-state index contributed by atoms with van der Waals surface area (Å²) in [7, 11) is -9.40. The van der Waals surface area contributed by atoms with Gasteiger partial charge in [-0.25, -0.2) is 0 Å². The van der Waals surface area contributed by atoms with E-state index in [1.807, 2.05) is 0 Å². The molecule has 0 saturated carbocycles. The lowest BCUT2D eigenvalue weighted by Gasteiger charge is -2.36. The Morgan fingerprint density at radius 1 is 1.20 bits per heavy atom. The highest BCUT2D eigenvalue weighted by Crippen LogP contribution is 2.99. The minimum Gasteiger partial charge on any atom is -0.0941 e. The van der Waals surface area contributed by atoms with Crippen molar-refractivity contribution in [3.8, 4) is 0 Å². The third-order valence-corrected chi connectivity index (χ3v) is 1.42. The largest absolute Gasteiger partial charge is 0.305 e. The Morgan fingerprint density at radius 3 is 1.50 bits per heavy atom. The summed E-state index contributed by atoms with van der Waals surface area (Å²) < 4.78 is 56.5. The van der Waals surface area contributed by atoms with E-state index in [0.29, 0.717) is 0 Å². The first kappa shape index (κ1) is 10.0. The van der Waals surface area contributed by atoms with E-state index in [2.05, 4.69) is 11.6 Å². The van der Waals surface area contributed by atoms with E-state index in [1.54, 1.807) is 0 Å². The molecule has 7 heteroatoms. The maximum atomic E-state index is 11.3. The first-order valence-electron chi connectivity index (χ1n) is 1.98. The van der Waals surface area contributed by atoms with Crippen LogP contribution in [0.5, 0.6) is 0 Å². The molecule has 0 aliphatic heterocycles. The lowest BCUT2D eigenvalue weighted by Crippen LogP contribution is -1.99. The summed E-state index contributed by atoms with van der Waals surface area (Å²) in [6.07, 6.45) is 0. The SMILES string of the molecule is C/C(Cl)=C/S(F)(F)(F)(F)F. The Balaban J connectivity index is 4.96. The molecule has 64 valence electrons. The second kappa shape index (κ2) is 1.61. The van der Waals surface area contributed by atoms with Crippen molar-refractivity contribution in [3.05, 3.63) is 10.4 Å². The molecule has 0 spiro atoms. The predicted octanol–water partition coefficient (Wildman–Crippen LogP) is 4.38. The summed E-state index contributed by atoms with van der Waals surface area (Å²) in [4.78, 5) is 0. The lowest BCUT2D eigenvalue weighted by atomic mass is 10.8. The van der Waals surface area contributed by atoms with Crippen molar-refractivity contribution < 1.29 is 19.4 Å². The van der Waals surface area contributed by atoms with Crippen LogP contribution in [0.4, 0.5) is 19.4 Å². The van der Waals surface area contributed by atoms with Crippen molar-refractivity contribution in [1.29, 1.82) is 0 Å². The molecule has 0 bridgehead atoms. The molecule has 10 heavy (non-hydrogen) atoms. The molecule has 0 radical (unpaired) electrons. The summed E-state index contributed by atoms with van der Waals surface area (Å²) in [6.45, 7) is 0.736. The Hall–Kier alpha value is 0.0300. The van der Waals surface area contributed by atoms with Crippen LogP contribution in [0.1, 0.15) is 6.92 Å². The van der Waals surface area contributed by atoms with E-state index in [1.165, 1.54) is 0 Å². The Bertz CT molecular complexity index is 170. The zero-order valence-corrected chi connectivity index (χ0v) is 6.33. The second-order valence-electron chi connectivity index (χ2n) is 1.73. The number of halogens is 6. The highest BCUT2D eigenvalue weighted by Gasteiger charge is 2.61. The van der Waals surface area contributed by atoms with Gasteiger partial charge < -0.3 is 0 Å². The van der Waals surface area contributed by atoms with Crippen LogP contribution in [0.3, 0.4) is 0 Å². The van der Waals surface area contributed by atoms with Gasteiger partial charge in [0.25, 0.3) is 0 Å². The number of hydrogen-bond acceptors (Lipinski definition) is 0. The zero-order chi connectivity index (χ0) is 8.69. The molecule has 0 aliphatic rings. The third kappa shape index (κ3) is 8.03. The average Bonchev–Trinajstić information content (AvgIpc) is 1.12.